The number of nitrogens with one attached hydrogen (secondary N) is 1. The van der Waals surface area contributed by atoms with Crippen molar-refractivity contribution in [2.45, 2.75) is 38.1 Å². The highest BCUT2D eigenvalue weighted by Crippen LogP contribution is 2.40. The van der Waals surface area contributed by atoms with Crippen LogP contribution >= 0.6 is 46.4 Å². The van der Waals surface area contributed by atoms with Crippen LogP contribution < -0.4 is 5.32 Å². The van der Waals surface area contributed by atoms with Gasteiger partial charge in [0.2, 0.25) is 0 Å². The predicted molar refractivity (Wildman–Crippen MR) is 122 cm³/mol. The number of halogens is 4. The van der Waals surface area contributed by atoms with Crippen LogP contribution in [-0.2, 0) is 0 Å². The van der Waals surface area contributed by atoms with E-state index < -0.39 is 0 Å². The van der Waals surface area contributed by atoms with E-state index in [1.165, 1.54) is 6.42 Å². The number of carbonyl (C=O) groups excluding carboxylic acids is 1. The van der Waals surface area contributed by atoms with E-state index in [-0.39, 0.29) is 17.8 Å². The molecule has 0 radical (unpaired) electrons. The molecule has 4 nitrogen and oxygen atoms in total. The lowest BCUT2D eigenvalue weighted by atomic mass is 9.95. The summed E-state index contributed by atoms with van der Waals surface area (Å²) in [6, 6.07) is 10.2. The number of hydrogen-bond donors (Lipinski definition) is 1. The Bertz CT molecular complexity index is 1020. The lowest BCUT2D eigenvalue weighted by Gasteiger charge is -2.21. The molecule has 8 heteroatoms. The molecule has 0 spiro atoms. The smallest absolute Gasteiger partial charge is 0.307 e. The minimum atomic E-state index is -0.357. The van der Waals surface area contributed by atoms with E-state index in [4.69, 9.17) is 50.8 Å². The zero-order chi connectivity index (χ0) is 21.3. The molecule has 3 aromatic rings. The Morgan fingerprint density at radius 1 is 0.900 bits per heavy atom. The highest BCUT2D eigenvalue weighted by Gasteiger charge is 2.26. The number of rotatable bonds is 4. The normalized spacial score (nSPS) is 14.7. The zero-order valence-corrected chi connectivity index (χ0v) is 18.9. The van der Waals surface area contributed by atoms with E-state index in [2.05, 4.69) is 10.3 Å². The van der Waals surface area contributed by atoms with E-state index in [0.717, 1.165) is 25.7 Å². The summed E-state index contributed by atoms with van der Waals surface area (Å²) in [6.07, 6.45) is 5.32. The molecule has 0 aliphatic heterocycles. The Kier molecular flexibility index (Phi) is 6.59. The second-order valence-corrected chi connectivity index (χ2v) is 8.94. The highest BCUT2D eigenvalue weighted by molar-refractivity contribution is 6.37. The van der Waals surface area contributed by atoms with Crippen LogP contribution in [0.25, 0.3) is 22.6 Å². The van der Waals surface area contributed by atoms with Crippen LogP contribution in [0.2, 0.25) is 20.1 Å². The van der Waals surface area contributed by atoms with E-state index in [0.29, 0.717) is 42.7 Å². The summed E-state index contributed by atoms with van der Waals surface area (Å²) in [5, 5.41) is 4.78. The number of amides is 1. The summed E-state index contributed by atoms with van der Waals surface area (Å²) in [6.45, 7) is 0. The molecule has 4 rings (SSSR count). The fraction of sp³-hybridized carbons (Fsp3) is 0.273. The van der Waals surface area contributed by atoms with Crippen LogP contribution in [0, 0.1) is 0 Å². The Morgan fingerprint density at radius 2 is 1.50 bits per heavy atom. The lowest BCUT2D eigenvalue weighted by Crippen LogP contribution is -2.36. The molecule has 1 N–H and O–H groups in total. The maximum atomic E-state index is 12.8. The first-order valence-electron chi connectivity index (χ1n) is 9.65. The largest absolute Gasteiger partial charge is 0.432 e. The number of hydrogen-bond acceptors (Lipinski definition) is 3. The first-order valence-corrected chi connectivity index (χ1v) is 11.2. The number of carbonyl (C=O) groups is 1. The standard InChI is InChI=1S/C22H18Cl4N2O2/c23-12-6-8-15(17(25)10-12)19-20(16-9-7-13(24)11-18(16)26)30-22(28-19)21(29)27-14-4-2-1-3-5-14/h6-11,14H,1-5H2,(H,27,29). The van der Waals surface area contributed by atoms with Gasteiger partial charge in [0.1, 0.15) is 5.69 Å². The van der Waals surface area contributed by atoms with Gasteiger partial charge in [-0.3, -0.25) is 4.79 Å². The second kappa shape index (κ2) is 9.19. The molecule has 1 fully saturated rings. The Morgan fingerprint density at radius 3 is 2.10 bits per heavy atom. The predicted octanol–water partition coefficient (Wildman–Crippen LogP) is 7.68. The monoisotopic (exact) mass is 482 g/mol. The van der Waals surface area contributed by atoms with E-state index in [1.54, 1.807) is 36.4 Å². The van der Waals surface area contributed by atoms with Crippen molar-refractivity contribution in [3.8, 4) is 22.6 Å². The number of nitrogens with zero attached hydrogens (tertiary/aromatic N) is 1. The van der Waals surface area contributed by atoms with Crippen molar-refractivity contribution in [2.75, 3.05) is 0 Å². The van der Waals surface area contributed by atoms with Gasteiger partial charge in [0, 0.05) is 27.2 Å². The molecule has 1 heterocycles. The molecule has 0 atom stereocenters. The third-order valence-corrected chi connectivity index (χ3v) is 6.22. The third-order valence-electron chi connectivity index (χ3n) is 5.12. The van der Waals surface area contributed by atoms with Gasteiger partial charge < -0.3 is 9.73 Å². The Balaban J connectivity index is 1.77. The van der Waals surface area contributed by atoms with Crippen LogP contribution in [0.3, 0.4) is 0 Å². The molecule has 1 aromatic heterocycles. The summed E-state index contributed by atoms with van der Waals surface area (Å²) >= 11 is 24.9. The Hall–Kier alpha value is -1.72. The molecule has 0 unspecified atom stereocenters. The second-order valence-electron chi connectivity index (χ2n) is 7.25. The molecule has 30 heavy (non-hydrogen) atoms. The van der Waals surface area contributed by atoms with Crippen molar-refractivity contribution in [3.63, 3.8) is 0 Å². The average molecular weight is 484 g/mol. The zero-order valence-electron chi connectivity index (χ0n) is 15.9. The van der Waals surface area contributed by atoms with Crippen LogP contribution in [-0.4, -0.2) is 16.9 Å². The van der Waals surface area contributed by atoms with Crippen molar-refractivity contribution < 1.29 is 9.21 Å². The van der Waals surface area contributed by atoms with Gasteiger partial charge in [-0.05, 0) is 49.2 Å². The molecule has 156 valence electrons. The molecule has 1 aliphatic carbocycles. The fourth-order valence-corrected chi connectivity index (χ4v) is 4.62. The molecule has 2 aromatic carbocycles. The summed E-state index contributed by atoms with van der Waals surface area (Å²) in [5.74, 6) is -0.0538. The van der Waals surface area contributed by atoms with Gasteiger partial charge >= 0.3 is 5.91 Å². The molecule has 1 aliphatic rings. The van der Waals surface area contributed by atoms with Crippen molar-refractivity contribution in [1.82, 2.24) is 10.3 Å². The topological polar surface area (TPSA) is 55.1 Å². The van der Waals surface area contributed by atoms with E-state index >= 15 is 0 Å². The first-order chi connectivity index (χ1) is 14.4. The molecule has 1 amide bonds. The van der Waals surface area contributed by atoms with Gasteiger partial charge in [-0.15, -0.1) is 0 Å². The summed E-state index contributed by atoms with van der Waals surface area (Å²) < 4.78 is 5.92. The van der Waals surface area contributed by atoms with Crippen molar-refractivity contribution in [3.05, 3.63) is 62.4 Å². The summed E-state index contributed by atoms with van der Waals surface area (Å²) in [7, 11) is 0. The van der Waals surface area contributed by atoms with Gasteiger partial charge in [-0.25, -0.2) is 4.98 Å². The maximum Gasteiger partial charge on any atom is 0.307 e. The molecule has 0 bridgehead atoms. The van der Waals surface area contributed by atoms with Gasteiger partial charge in [0.15, 0.2) is 5.76 Å². The highest BCUT2D eigenvalue weighted by atomic mass is 35.5. The van der Waals surface area contributed by atoms with Crippen molar-refractivity contribution in [2.24, 2.45) is 0 Å². The minimum absolute atomic E-state index is 0.0393. The first kappa shape index (κ1) is 21.5. The SMILES string of the molecule is O=C(NC1CCCCC1)c1nc(-c2ccc(Cl)cc2Cl)c(-c2ccc(Cl)cc2Cl)o1. The minimum Gasteiger partial charge on any atom is -0.432 e. The van der Waals surface area contributed by atoms with E-state index in [1.807, 2.05) is 0 Å². The van der Waals surface area contributed by atoms with Crippen LogP contribution in [0.5, 0.6) is 0 Å². The fourth-order valence-electron chi connectivity index (χ4n) is 3.63. The third kappa shape index (κ3) is 4.62. The van der Waals surface area contributed by atoms with E-state index in [9.17, 15) is 4.79 Å². The van der Waals surface area contributed by atoms with Gasteiger partial charge in [-0.2, -0.15) is 0 Å². The van der Waals surface area contributed by atoms with Crippen molar-refractivity contribution >= 4 is 52.3 Å². The molecule has 0 saturated heterocycles. The lowest BCUT2D eigenvalue weighted by molar-refractivity contribution is 0.0893. The Labute approximate surface area is 194 Å². The number of benzene rings is 2. The summed E-state index contributed by atoms with van der Waals surface area (Å²) in [5.41, 5.74) is 1.56. The van der Waals surface area contributed by atoms with Gasteiger partial charge in [0.05, 0.1) is 10.0 Å². The van der Waals surface area contributed by atoms with Crippen molar-refractivity contribution in [1.29, 1.82) is 0 Å². The number of aromatic nitrogens is 1. The maximum absolute atomic E-state index is 12.8. The van der Waals surface area contributed by atoms with Gasteiger partial charge in [-0.1, -0.05) is 65.7 Å². The quantitative estimate of drug-likeness (QED) is 0.413. The van der Waals surface area contributed by atoms with Crippen LogP contribution in [0.4, 0.5) is 0 Å². The number of oxazole rings is 1. The van der Waals surface area contributed by atoms with Gasteiger partial charge in [0.25, 0.3) is 5.89 Å². The molecule has 1 saturated carbocycles. The van der Waals surface area contributed by atoms with Crippen LogP contribution in [0.1, 0.15) is 42.8 Å². The molecular weight excluding hydrogens is 466 g/mol. The van der Waals surface area contributed by atoms with Crippen LogP contribution in [0.15, 0.2) is 40.8 Å². The molecular formula is C22H18Cl4N2O2. The average Bonchev–Trinajstić information content (AvgIpc) is 3.14. The summed E-state index contributed by atoms with van der Waals surface area (Å²) in [4.78, 5) is 17.3.